The molecule has 5 nitrogen and oxygen atoms in total. The van der Waals surface area contributed by atoms with Gasteiger partial charge in [0.15, 0.2) is 0 Å². The molecule has 1 aliphatic rings. The maximum absolute atomic E-state index is 12.4. The van der Waals surface area contributed by atoms with Crippen molar-refractivity contribution in [1.82, 2.24) is 9.88 Å². The fraction of sp³-hybridized carbons (Fsp3) is 0.562. The number of nitrogens with zero attached hydrogens (tertiary/aromatic N) is 2. The molecule has 0 bridgehead atoms. The van der Waals surface area contributed by atoms with Crippen LogP contribution in [0.1, 0.15) is 36.2 Å². The molecule has 0 spiro atoms. The van der Waals surface area contributed by atoms with Crippen LogP contribution in [-0.2, 0) is 16.1 Å². The first-order chi connectivity index (χ1) is 9.86. The number of carboxylic acids is 1. The summed E-state index contributed by atoms with van der Waals surface area (Å²) in [5.74, 6) is -1.29. The van der Waals surface area contributed by atoms with Crippen molar-refractivity contribution in [3.63, 3.8) is 0 Å². The highest BCUT2D eigenvalue weighted by Gasteiger charge is 2.35. The molecule has 0 aliphatic heterocycles. The Bertz CT molecular complexity index is 536. The zero-order chi connectivity index (χ0) is 15.6. The van der Waals surface area contributed by atoms with Crippen LogP contribution in [-0.4, -0.2) is 33.9 Å². The molecule has 21 heavy (non-hydrogen) atoms. The number of rotatable bonds is 4. The van der Waals surface area contributed by atoms with Crippen LogP contribution in [0, 0.1) is 25.7 Å². The highest BCUT2D eigenvalue weighted by atomic mass is 16.4. The Morgan fingerprint density at radius 3 is 2.52 bits per heavy atom. The normalized spacial score (nSPS) is 21.3. The minimum atomic E-state index is -0.788. The number of amides is 1. The average Bonchev–Trinajstić information content (AvgIpc) is 2.86. The van der Waals surface area contributed by atoms with Gasteiger partial charge in [0.05, 0.1) is 18.2 Å². The summed E-state index contributed by atoms with van der Waals surface area (Å²) >= 11 is 0. The van der Waals surface area contributed by atoms with Crippen molar-refractivity contribution in [2.45, 2.75) is 39.7 Å². The molecule has 114 valence electrons. The first kappa shape index (κ1) is 15.5. The monoisotopic (exact) mass is 290 g/mol. The van der Waals surface area contributed by atoms with Gasteiger partial charge in [-0.1, -0.05) is 0 Å². The van der Waals surface area contributed by atoms with Crippen molar-refractivity contribution < 1.29 is 14.7 Å². The number of aliphatic carboxylic acids is 1. The first-order valence-corrected chi connectivity index (χ1v) is 7.28. The number of aromatic nitrogens is 1. The van der Waals surface area contributed by atoms with Crippen LogP contribution in [0.25, 0.3) is 0 Å². The standard InChI is InChI=1S/C16H22N2O3/c1-10-6-11(2)17-14(7-10)9-18(3)15(19)12-4-5-13(8-12)16(20)21/h6-7,12-13H,4-5,8-9H2,1-3H3,(H,20,21)/t12-,13+/m0/s1. The number of carbonyl (C=O) groups is 2. The summed E-state index contributed by atoms with van der Waals surface area (Å²) in [4.78, 5) is 29.5. The molecular weight excluding hydrogens is 268 g/mol. The highest BCUT2D eigenvalue weighted by Crippen LogP contribution is 2.32. The maximum atomic E-state index is 12.4. The minimum Gasteiger partial charge on any atom is -0.481 e. The third kappa shape index (κ3) is 3.80. The molecule has 2 rings (SSSR count). The van der Waals surface area contributed by atoms with Crippen molar-refractivity contribution in [3.05, 3.63) is 29.1 Å². The van der Waals surface area contributed by atoms with E-state index in [1.165, 1.54) is 0 Å². The Morgan fingerprint density at radius 1 is 1.29 bits per heavy atom. The van der Waals surface area contributed by atoms with Gasteiger partial charge in [0, 0.05) is 18.7 Å². The van der Waals surface area contributed by atoms with Gasteiger partial charge in [-0.15, -0.1) is 0 Å². The van der Waals surface area contributed by atoms with Crippen LogP contribution in [0.5, 0.6) is 0 Å². The Labute approximate surface area is 125 Å². The lowest BCUT2D eigenvalue weighted by Gasteiger charge is -2.21. The summed E-state index contributed by atoms with van der Waals surface area (Å²) < 4.78 is 0. The second-order valence-electron chi connectivity index (χ2n) is 6.02. The van der Waals surface area contributed by atoms with E-state index in [1.807, 2.05) is 26.0 Å². The third-order valence-electron chi connectivity index (χ3n) is 4.06. The molecule has 1 aliphatic carbocycles. The molecule has 5 heteroatoms. The molecule has 1 aromatic rings. The number of pyridine rings is 1. The minimum absolute atomic E-state index is 0.0275. The molecule has 1 amide bonds. The number of aryl methyl sites for hydroxylation is 2. The van der Waals surface area contributed by atoms with Crippen LogP contribution in [0.3, 0.4) is 0 Å². The summed E-state index contributed by atoms with van der Waals surface area (Å²) in [7, 11) is 1.76. The first-order valence-electron chi connectivity index (χ1n) is 7.28. The van der Waals surface area contributed by atoms with Gasteiger partial charge in [0.25, 0.3) is 0 Å². The van der Waals surface area contributed by atoms with E-state index < -0.39 is 5.97 Å². The Morgan fingerprint density at radius 2 is 1.95 bits per heavy atom. The third-order valence-corrected chi connectivity index (χ3v) is 4.06. The number of hydrogen-bond acceptors (Lipinski definition) is 3. The van der Waals surface area contributed by atoms with E-state index in [2.05, 4.69) is 4.98 Å². The summed E-state index contributed by atoms with van der Waals surface area (Å²) in [5.41, 5.74) is 2.94. The second kappa shape index (κ2) is 6.24. The number of carbonyl (C=O) groups excluding carboxylic acids is 1. The van der Waals surface area contributed by atoms with Crippen molar-refractivity contribution in [3.8, 4) is 0 Å². The molecular formula is C16H22N2O3. The van der Waals surface area contributed by atoms with E-state index in [4.69, 9.17) is 5.11 Å². The van der Waals surface area contributed by atoms with E-state index in [-0.39, 0.29) is 17.7 Å². The molecule has 0 radical (unpaired) electrons. The van der Waals surface area contributed by atoms with E-state index in [9.17, 15) is 9.59 Å². The smallest absolute Gasteiger partial charge is 0.306 e. The van der Waals surface area contributed by atoms with Crippen molar-refractivity contribution in [2.75, 3.05) is 7.05 Å². The quantitative estimate of drug-likeness (QED) is 0.922. The molecule has 0 saturated heterocycles. The Hall–Kier alpha value is -1.91. The van der Waals surface area contributed by atoms with E-state index in [1.54, 1.807) is 11.9 Å². The lowest BCUT2D eigenvalue weighted by molar-refractivity contribution is -0.141. The molecule has 1 N–H and O–H groups in total. The number of carboxylic acid groups (broad SMARTS) is 1. The van der Waals surface area contributed by atoms with E-state index in [0.717, 1.165) is 17.0 Å². The van der Waals surface area contributed by atoms with Gasteiger partial charge in [-0.2, -0.15) is 0 Å². The van der Waals surface area contributed by atoms with Gasteiger partial charge >= 0.3 is 5.97 Å². The van der Waals surface area contributed by atoms with Crippen molar-refractivity contribution in [2.24, 2.45) is 11.8 Å². The number of hydrogen-bond donors (Lipinski definition) is 1. The Balaban J connectivity index is 1.98. The molecule has 0 aromatic carbocycles. The SMILES string of the molecule is Cc1cc(C)nc(CN(C)C(=O)[C@H]2CC[C@@H](C(=O)O)C2)c1. The zero-order valence-electron chi connectivity index (χ0n) is 12.8. The Kier molecular flexibility index (Phi) is 4.60. The second-order valence-corrected chi connectivity index (χ2v) is 6.02. The predicted octanol–water partition coefficient (Wildman–Crippen LogP) is 2.16. The topological polar surface area (TPSA) is 70.5 Å². The van der Waals surface area contributed by atoms with E-state index >= 15 is 0 Å². The lowest BCUT2D eigenvalue weighted by atomic mass is 10.0. The molecule has 2 atom stereocenters. The summed E-state index contributed by atoms with van der Waals surface area (Å²) in [5, 5.41) is 9.01. The summed E-state index contributed by atoms with van der Waals surface area (Å²) in [6.45, 7) is 4.41. The maximum Gasteiger partial charge on any atom is 0.306 e. The van der Waals surface area contributed by atoms with Crippen molar-refractivity contribution >= 4 is 11.9 Å². The summed E-state index contributed by atoms with van der Waals surface area (Å²) in [6.07, 6.45) is 1.72. The molecule has 0 unspecified atom stereocenters. The molecule has 1 saturated carbocycles. The van der Waals surface area contributed by atoms with Gasteiger partial charge in [-0.05, 0) is 50.8 Å². The van der Waals surface area contributed by atoms with Gasteiger partial charge in [-0.3, -0.25) is 14.6 Å². The largest absolute Gasteiger partial charge is 0.481 e. The highest BCUT2D eigenvalue weighted by molar-refractivity contribution is 5.80. The predicted molar refractivity (Wildman–Crippen MR) is 78.7 cm³/mol. The molecule has 1 heterocycles. The fourth-order valence-corrected chi connectivity index (χ4v) is 3.07. The van der Waals surface area contributed by atoms with Crippen LogP contribution >= 0.6 is 0 Å². The van der Waals surface area contributed by atoms with Crippen LogP contribution in [0.4, 0.5) is 0 Å². The van der Waals surface area contributed by atoms with Crippen LogP contribution in [0.15, 0.2) is 12.1 Å². The van der Waals surface area contributed by atoms with Crippen LogP contribution < -0.4 is 0 Å². The average molecular weight is 290 g/mol. The molecule has 1 fully saturated rings. The van der Waals surface area contributed by atoms with Gasteiger partial charge in [0.1, 0.15) is 0 Å². The van der Waals surface area contributed by atoms with Gasteiger partial charge in [0.2, 0.25) is 5.91 Å². The van der Waals surface area contributed by atoms with Gasteiger partial charge in [-0.25, -0.2) is 0 Å². The fourth-order valence-electron chi connectivity index (χ4n) is 3.07. The summed E-state index contributed by atoms with van der Waals surface area (Å²) in [6, 6.07) is 3.98. The van der Waals surface area contributed by atoms with Crippen molar-refractivity contribution in [1.29, 1.82) is 0 Å². The van der Waals surface area contributed by atoms with Gasteiger partial charge < -0.3 is 10.0 Å². The van der Waals surface area contributed by atoms with Crippen LogP contribution in [0.2, 0.25) is 0 Å². The molecule has 1 aromatic heterocycles. The van der Waals surface area contributed by atoms with E-state index in [0.29, 0.717) is 25.8 Å². The lowest BCUT2D eigenvalue weighted by Crippen LogP contribution is -2.32. The zero-order valence-corrected chi connectivity index (χ0v) is 12.8.